The van der Waals surface area contributed by atoms with E-state index in [0.29, 0.717) is 18.0 Å². The van der Waals surface area contributed by atoms with E-state index < -0.39 is 15.9 Å². The third-order valence-electron chi connectivity index (χ3n) is 6.01. The van der Waals surface area contributed by atoms with Gasteiger partial charge in [-0.3, -0.25) is 9.10 Å². The average Bonchev–Trinajstić information content (AvgIpc) is 2.91. The van der Waals surface area contributed by atoms with Gasteiger partial charge in [-0.2, -0.15) is 0 Å². The molecule has 0 aliphatic carbocycles. The van der Waals surface area contributed by atoms with Crippen LogP contribution in [0.2, 0.25) is 0 Å². The summed E-state index contributed by atoms with van der Waals surface area (Å²) in [5.74, 6) is -0.0881. The van der Waals surface area contributed by atoms with Gasteiger partial charge in [0.15, 0.2) is 0 Å². The quantitative estimate of drug-likeness (QED) is 0.291. The fourth-order valence-electron chi connectivity index (χ4n) is 3.82. The van der Waals surface area contributed by atoms with Gasteiger partial charge in [-0.1, -0.05) is 60.2 Å². The summed E-state index contributed by atoms with van der Waals surface area (Å²) >= 11 is 0. The number of para-hydroxylation sites is 1. The second-order valence-corrected chi connectivity index (χ2v) is 10.8. The SMILES string of the molecule is Cc1ccc(S(=O)(=O)N(CC(=O)NCc2ccc(OCc3ccc(F)cc3)cc2)c2ccccc2C)cc1. The van der Waals surface area contributed by atoms with E-state index in [-0.39, 0.29) is 23.8 Å². The van der Waals surface area contributed by atoms with E-state index in [2.05, 4.69) is 5.32 Å². The molecule has 0 aliphatic heterocycles. The number of sulfonamides is 1. The summed E-state index contributed by atoms with van der Waals surface area (Å²) in [6, 6.07) is 26.9. The van der Waals surface area contributed by atoms with Gasteiger partial charge in [0.25, 0.3) is 10.0 Å². The molecule has 0 fully saturated rings. The number of benzene rings is 4. The molecule has 196 valence electrons. The summed E-state index contributed by atoms with van der Waals surface area (Å²) in [6.07, 6.45) is 0. The van der Waals surface area contributed by atoms with Gasteiger partial charge in [0, 0.05) is 6.54 Å². The molecule has 4 aromatic carbocycles. The Bertz CT molecular complexity index is 1490. The average molecular weight is 533 g/mol. The van der Waals surface area contributed by atoms with E-state index in [4.69, 9.17) is 4.74 Å². The first-order chi connectivity index (χ1) is 18.2. The van der Waals surface area contributed by atoms with Crippen LogP contribution in [0.15, 0.2) is 102 Å². The summed E-state index contributed by atoms with van der Waals surface area (Å²) in [5, 5.41) is 2.81. The fourth-order valence-corrected chi connectivity index (χ4v) is 5.30. The minimum Gasteiger partial charge on any atom is -0.489 e. The number of nitrogens with zero attached hydrogens (tertiary/aromatic N) is 1. The molecule has 8 heteroatoms. The molecule has 38 heavy (non-hydrogen) atoms. The molecule has 4 rings (SSSR count). The molecule has 1 amide bonds. The molecule has 0 saturated heterocycles. The van der Waals surface area contributed by atoms with Gasteiger partial charge in [0.2, 0.25) is 5.91 Å². The van der Waals surface area contributed by atoms with Crippen molar-refractivity contribution >= 4 is 21.6 Å². The molecule has 0 bridgehead atoms. The minimum atomic E-state index is -3.97. The highest BCUT2D eigenvalue weighted by molar-refractivity contribution is 7.92. The zero-order valence-electron chi connectivity index (χ0n) is 21.2. The molecule has 0 atom stereocenters. The van der Waals surface area contributed by atoms with Gasteiger partial charge >= 0.3 is 0 Å². The summed E-state index contributed by atoms with van der Waals surface area (Å²) in [4.78, 5) is 13.0. The van der Waals surface area contributed by atoms with Crippen molar-refractivity contribution in [2.75, 3.05) is 10.8 Å². The van der Waals surface area contributed by atoms with E-state index in [1.807, 2.05) is 38.1 Å². The van der Waals surface area contributed by atoms with Crippen LogP contribution in [0, 0.1) is 19.7 Å². The monoisotopic (exact) mass is 532 g/mol. The summed E-state index contributed by atoms with van der Waals surface area (Å²) in [7, 11) is -3.97. The van der Waals surface area contributed by atoms with E-state index >= 15 is 0 Å². The van der Waals surface area contributed by atoms with Gasteiger partial charge < -0.3 is 10.1 Å². The van der Waals surface area contributed by atoms with Gasteiger partial charge in [0.1, 0.15) is 24.7 Å². The van der Waals surface area contributed by atoms with Crippen LogP contribution in [0.5, 0.6) is 5.75 Å². The molecule has 0 heterocycles. The number of ether oxygens (including phenoxy) is 1. The number of aryl methyl sites for hydroxylation is 2. The molecule has 6 nitrogen and oxygen atoms in total. The molecule has 0 spiro atoms. The Labute approximate surface area is 222 Å². The number of hydrogen-bond donors (Lipinski definition) is 1. The third-order valence-corrected chi connectivity index (χ3v) is 7.79. The first-order valence-corrected chi connectivity index (χ1v) is 13.5. The molecule has 0 saturated carbocycles. The molecule has 0 unspecified atom stereocenters. The van der Waals surface area contributed by atoms with E-state index in [1.165, 1.54) is 12.1 Å². The van der Waals surface area contributed by atoms with Crippen LogP contribution in [-0.4, -0.2) is 20.9 Å². The fraction of sp³-hybridized carbons (Fsp3) is 0.167. The second-order valence-electron chi connectivity index (χ2n) is 8.95. The molecular formula is C30H29FN2O4S. The molecular weight excluding hydrogens is 503 g/mol. The lowest BCUT2D eigenvalue weighted by Gasteiger charge is -2.25. The number of halogens is 1. The molecule has 1 N–H and O–H groups in total. The Morgan fingerprint density at radius 3 is 2.13 bits per heavy atom. The first kappa shape index (κ1) is 26.9. The van der Waals surface area contributed by atoms with Crippen molar-refractivity contribution < 1.29 is 22.3 Å². The number of nitrogens with one attached hydrogen (secondary N) is 1. The van der Waals surface area contributed by atoms with Gasteiger partial charge in [-0.15, -0.1) is 0 Å². The normalized spacial score (nSPS) is 11.1. The Hall–Kier alpha value is -4.17. The second kappa shape index (κ2) is 11.9. The first-order valence-electron chi connectivity index (χ1n) is 12.1. The van der Waals surface area contributed by atoms with Crippen molar-refractivity contribution in [2.24, 2.45) is 0 Å². The largest absolute Gasteiger partial charge is 0.489 e. The van der Waals surface area contributed by atoms with Crippen LogP contribution in [0.1, 0.15) is 22.3 Å². The van der Waals surface area contributed by atoms with Crippen LogP contribution in [0.3, 0.4) is 0 Å². The summed E-state index contributed by atoms with van der Waals surface area (Å²) in [6.45, 7) is 3.86. The maximum atomic E-state index is 13.5. The van der Waals surface area contributed by atoms with Crippen LogP contribution in [0.4, 0.5) is 10.1 Å². The van der Waals surface area contributed by atoms with Crippen LogP contribution in [-0.2, 0) is 28.0 Å². The van der Waals surface area contributed by atoms with Crippen molar-refractivity contribution in [2.45, 2.75) is 31.9 Å². The predicted molar refractivity (Wildman–Crippen MR) is 146 cm³/mol. The zero-order valence-corrected chi connectivity index (χ0v) is 22.0. The maximum Gasteiger partial charge on any atom is 0.264 e. The topological polar surface area (TPSA) is 75.7 Å². The van der Waals surface area contributed by atoms with Crippen LogP contribution in [0.25, 0.3) is 0 Å². The van der Waals surface area contributed by atoms with Crippen molar-refractivity contribution in [3.05, 3.63) is 125 Å². The Balaban J connectivity index is 1.41. The van der Waals surface area contributed by atoms with Gasteiger partial charge in [0.05, 0.1) is 10.6 Å². The zero-order chi connectivity index (χ0) is 27.1. The van der Waals surface area contributed by atoms with E-state index in [1.54, 1.807) is 60.7 Å². The van der Waals surface area contributed by atoms with Crippen molar-refractivity contribution in [1.29, 1.82) is 0 Å². The Morgan fingerprint density at radius 1 is 0.842 bits per heavy atom. The van der Waals surface area contributed by atoms with Gasteiger partial charge in [-0.05, 0) is 73.0 Å². The van der Waals surface area contributed by atoms with Gasteiger partial charge in [-0.25, -0.2) is 12.8 Å². The Kier molecular flexibility index (Phi) is 8.43. The maximum absolute atomic E-state index is 13.5. The van der Waals surface area contributed by atoms with Crippen molar-refractivity contribution in [3.63, 3.8) is 0 Å². The lowest BCUT2D eigenvalue weighted by Crippen LogP contribution is -2.41. The highest BCUT2D eigenvalue weighted by Gasteiger charge is 2.28. The number of carbonyl (C=O) groups excluding carboxylic acids is 1. The van der Waals surface area contributed by atoms with E-state index in [9.17, 15) is 17.6 Å². The highest BCUT2D eigenvalue weighted by atomic mass is 32.2. The van der Waals surface area contributed by atoms with Crippen LogP contribution < -0.4 is 14.4 Å². The summed E-state index contributed by atoms with van der Waals surface area (Å²) < 4.78 is 47.0. The highest BCUT2D eigenvalue weighted by Crippen LogP contribution is 2.27. The van der Waals surface area contributed by atoms with Crippen molar-refractivity contribution in [1.82, 2.24) is 5.32 Å². The van der Waals surface area contributed by atoms with E-state index in [0.717, 1.165) is 26.6 Å². The number of anilines is 1. The van der Waals surface area contributed by atoms with Crippen LogP contribution >= 0.6 is 0 Å². The Morgan fingerprint density at radius 2 is 1.47 bits per heavy atom. The smallest absolute Gasteiger partial charge is 0.264 e. The molecule has 0 aromatic heterocycles. The number of rotatable bonds is 10. The lowest BCUT2D eigenvalue weighted by atomic mass is 10.2. The summed E-state index contributed by atoms with van der Waals surface area (Å²) in [5.41, 5.74) is 3.81. The molecule has 0 aliphatic rings. The number of carbonyl (C=O) groups is 1. The predicted octanol–water partition coefficient (Wildman–Crippen LogP) is 5.53. The number of hydrogen-bond acceptors (Lipinski definition) is 4. The standard InChI is InChI=1S/C30H29FN2O4S/c1-22-7-17-28(18-8-22)38(35,36)33(29-6-4-3-5-23(29)2)20-30(34)32-19-24-11-15-27(16-12-24)37-21-25-9-13-26(31)14-10-25/h3-18H,19-21H2,1-2H3,(H,32,34). The number of amides is 1. The lowest BCUT2D eigenvalue weighted by molar-refractivity contribution is -0.119. The minimum absolute atomic E-state index is 0.121. The molecule has 0 radical (unpaired) electrons. The third kappa shape index (κ3) is 6.77. The molecule has 4 aromatic rings. The van der Waals surface area contributed by atoms with Crippen molar-refractivity contribution in [3.8, 4) is 5.75 Å².